The summed E-state index contributed by atoms with van der Waals surface area (Å²) >= 11 is 0. The summed E-state index contributed by atoms with van der Waals surface area (Å²) in [6.45, 7) is 0.404. The Morgan fingerprint density at radius 3 is 2.74 bits per heavy atom. The molecule has 1 amide bonds. The van der Waals surface area contributed by atoms with Gasteiger partial charge in [0.1, 0.15) is 0 Å². The molecular weight excluding hydrogens is 242 g/mol. The van der Waals surface area contributed by atoms with Crippen molar-refractivity contribution < 1.29 is 9.90 Å². The largest absolute Gasteiger partial charge is 0.397 e. The van der Waals surface area contributed by atoms with Gasteiger partial charge in [0.05, 0.1) is 23.9 Å². The van der Waals surface area contributed by atoms with Gasteiger partial charge < -0.3 is 15.7 Å². The van der Waals surface area contributed by atoms with Crippen molar-refractivity contribution in [2.45, 2.75) is 37.7 Å². The van der Waals surface area contributed by atoms with Gasteiger partial charge in [-0.15, -0.1) is 0 Å². The number of nitrogens with zero attached hydrogens (tertiary/aromatic N) is 2. The van der Waals surface area contributed by atoms with E-state index >= 15 is 0 Å². The number of carbonyl (C=O) groups excluding carboxylic acids is 1. The topological polar surface area (TPSA) is 79.5 Å². The van der Waals surface area contributed by atoms with Gasteiger partial charge in [0.25, 0.3) is 0 Å². The minimum atomic E-state index is -0.695. The van der Waals surface area contributed by atoms with Crippen LogP contribution in [-0.4, -0.2) is 40.1 Å². The Labute approximate surface area is 113 Å². The van der Waals surface area contributed by atoms with E-state index in [2.05, 4.69) is 4.98 Å². The van der Waals surface area contributed by atoms with Gasteiger partial charge in [-0.2, -0.15) is 0 Å². The number of pyridine rings is 1. The van der Waals surface area contributed by atoms with Crippen LogP contribution in [0.25, 0.3) is 0 Å². The maximum Gasteiger partial charge on any atom is 0.228 e. The molecule has 2 rings (SSSR count). The average molecular weight is 263 g/mol. The lowest BCUT2D eigenvalue weighted by molar-refractivity contribution is -0.132. The van der Waals surface area contributed by atoms with Crippen LogP contribution < -0.4 is 5.73 Å². The molecule has 0 saturated heterocycles. The zero-order valence-electron chi connectivity index (χ0n) is 11.3. The fourth-order valence-corrected chi connectivity index (χ4v) is 2.55. The van der Waals surface area contributed by atoms with Gasteiger partial charge in [0.15, 0.2) is 0 Å². The summed E-state index contributed by atoms with van der Waals surface area (Å²) in [4.78, 5) is 17.8. The highest BCUT2D eigenvalue weighted by molar-refractivity contribution is 5.78. The third kappa shape index (κ3) is 3.67. The standard InChI is InChI=1S/C14H21N3O2/c1-17(10-14(19)6-2-3-7-14)13(18)8-12-5-4-11(15)9-16-12/h4-5,9,19H,2-3,6-8,10,15H2,1H3. The number of hydrogen-bond donors (Lipinski definition) is 2. The monoisotopic (exact) mass is 263 g/mol. The van der Waals surface area contributed by atoms with Gasteiger partial charge in [-0.1, -0.05) is 12.8 Å². The highest BCUT2D eigenvalue weighted by Gasteiger charge is 2.33. The van der Waals surface area contributed by atoms with E-state index in [0.29, 0.717) is 17.9 Å². The van der Waals surface area contributed by atoms with Gasteiger partial charge in [0.2, 0.25) is 5.91 Å². The summed E-state index contributed by atoms with van der Waals surface area (Å²) < 4.78 is 0. The van der Waals surface area contributed by atoms with Crippen molar-refractivity contribution in [1.29, 1.82) is 0 Å². The number of aliphatic hydroxyl groups is 1. The van der Waals surface area contributed by atoms with Crippen molar-refractivity contribution in [3.05, 3.63) is 24.0 Å². The summed E-state index contributed by atoms with van der Waals surface area (Å²) in [7, 11) is 1.73. The van der Waals surface area contributed by atoms with Crippen LogP contribution in [0.4, 0.5) is 5.69 Å². The number of rotatable bonds is 4. The van der Waals surface area contributed by atoms with Crippen LogP contribution in [0.5, 0.6) is 0 Å². The Morgan fingerprint density at radius 1 is 1.47 bits per heavy atom. The fraction of sp³-hybridized carbons (Fsp3) is 0.571. The van der Waals surface area contributed by atoms with Gasteiger partial charge in [-0.25, -0.2) is 0 Å². The number of aromatic nitrogens is 1. The second-order valence-electron chi connectivity index (χ2n) is 5.44. The highest BCUT2D eigenvalue weighted by atomic mass is 16.3. The molecule has 1 aliphatic carbocycles. The van der Waals surface area contributed by atoms with Crippen molar-refractivity contribution in [2.24, 2.45) is 0 Å². The molecule has 0 radical (unpaired) electrons. The minimum absolute atomic E-state index is 0.0300. The maximum absolute atomic E-state index is 12.1. The average Bonchev–Trinajstić information content (AvgIpc) is 2.78. The maximum atomic E-state index is 12.1. The van der Waals surface area contributed by atoms with E-state index in [-0.39, 0.29) is 12.3 Å². The number of likely N-dealkylation sites (N-methyl/N-ethyl adjacent to an activating group) is 1. The Hall–Kier alpha value is -1.62. The van der Waals surface area contributed by atoms with Crippen LogP contribution >= 0.6 is 0 Å². The number of amides is 1. The molecule has 0 aliphatic heterocycles. The molecule has 1 aromatic heterocycles. The van der Waals surface area contributed by atoms with Crippen LogP contribution in [-0.2, 0) is 11.2 Å². The molecule has 5 heteroatoms. The third-order valence-electron chi connectivity index (χ3n) is 3.67. The van der Waals surface area contributed by atoms with Gasteiger partial charge in [-0.05, 0) is 25.0 Å². The fourth-order valence-electron chi connectivity index (χ4n) is 2.55. The molecule has 104 valence electrons. The molecule has 19 heavy (non-hydrogen) atoms. The molecule has 1 saturated carbocycles. The summed E-state index contributed by atoms with van der Waals surface area (Å²) in [5, 5.41) is 10.3. The molecule has 5 nitrogen and oxygen atoms in total. The first-order valence-corrected chi connectivity index (χ1v) is 6.65. The van der Waals surface area contributed by atoms with Crippen LogP contribution in [0.3, 0.4) is 0 Å². The van der Waals surface area contributed by atoms with Crippen molar-refractivity contribution >= 4 is 11.6 Å². The second-order valence-corrected chi connectivity index (χ2v) is 5.44. The van der Waals surface area contributed by atoms with Gasteiger partial charge in [-0.3, -0.25) is 9.78 Å². The van der Waals surface area contributed by atoms with E-state index in [4.69, 9.17) is 5.73 Å². The summed E-state index contributed by atoms with van der Waals surface area (Å²) in [5.41, 5.74) is 6.14. The van der Waals surface area contributed by atoms with Gasteiger partial charge in [0, 0.05) is 19.3 Å². The first-order valence-electron chi connectivity index (χ1n) is 6.65. The number of nitrogens with two attached hydrogens (primary N) is 1. The normalized spacial score (nSPS) is 17.4. The molecule has 3 N–H and O–H groups in total. The third-order valence-corrected chi connectivity index (χ3v) is 3.67. The molecule has 0 atom stereocenters. The zero-order valence-corrected chi connectivity index (χ0v) is 11.3. The van der Waals surface area contributed by atoms with Crippen LogP contribution in [0, 0.1) is 0 Å². The zero-order chi connectivity index (χ0) is 13.9. The molecule has 0 spiro atoms. The van der Waals surface area contributed by atoms with Crippen LogP contribution in [0.15, 0.2) is 18.3 Å². The van der Waals surface area contributed by atoms with Crippen LogP contribution in [0.2, 0.25) is 0 Å². The molecular formula is C14H21N3O2. The van der Waals surface area contributed by atoms with Crippen molar-refractivity contribution in [1.82, 2.24) is 9.88 Å². The second kappa shape index (κ2) is 5.57. The molecule has 0 aromatic carbocycles. The smallest absolute Gasteiger partial charge is 0.228 e. The summed E-state index contributed by atoms with van der Waals surface area (Å²) in [6, 6.07) is 3.49. The molecule has 1 fully saturated rings. The van der Waals surface area contributed by atoms with E-state index in [1.807, 2.05) is 0 Å². The number of nitrogen functional groups attached to an aromatic ring is 1. The molecule has 1 aliphatic rings. The first kappa shape index (κ1) is 13.8. The molecule has 1 heterocycles. The Kier molecular flexibility index (Phi) is 4.04. The lowest BCUT2D eigenvalue weighted by atomic mass is 10.0. The lowest BCUT2D eigenvalue weighted by Crippen LogP contribution is -2.42. The van der Waals surface area contributed by atoms with Crippen molar-refractivity contribution in [3.63, 3.8) is 0 Å². The summed E-state index contributed by atoms with van der Waals surface area (Å²) in [6.07, 6.45) is 5.44. The molecule has 0 bridgehead atoms. The van der Waals surface area contributed by atoms with Gasteiger partial charge >= 0.3 is 0 Å². The predicted molar refractivity (Wildman–Crippen MR) is 73.4 cm³/mol. The number of hydrogen-bond acceptors (Lipinski definition) is 4. The van der Waals surface area contributed by atoms with E-state index < -0.39 is 5.60 Å². The quantitative estimate of drug-likeness (QED) is 0.848. The number of carbonyl (C=O) groups is 1. The SMILES string of the molecule is CN(CC1(O)CCCC1)C(=O)Cc1ccc(N)cn1. The highest BCUT2D eigenvalue weighted by Crippen LogP contribution is 2.29. The molecule has 1 aromatic rings. The van der Waals surface area contributed by atoms with Crippen LogP contribution in [0.1, 0.15) is 31.4 Å². The van der Waals surface area contributed by atoms with E-state index in [1.165, 1.54) is 0 Å². The Bertz CT molecular complexity index is 439. The first-order chi connectivity index (χ1) is 8.98. The lowest BCUT2D eigenvalue weighted by Gasteiger charge is -2.28. The molecule has 0 unspecified atom stereocenters. The predicted octanol–water partition coefficient (Wildman–Crippen LogP) is 0.970. The number of anilines is 1. The van der Waals surface area contributed by atoms with E-state index in [1.54, 1.807) is 30.3 Å². The summed E-state index contributed by atoms with van der Waals surface area (Å²) in [5.74, 6) is -0.0300. The van der Waals surface area contributed by atoms with Crippen molar-refractivity contribution in [2.75, 3.05) is 19.3 Å². The Balaban J connectivity index is 1.90. The Morgan fingerprint density at radius 2 is 2.16 bits per heavy atom. The van der Waals surface area contributed by atoms with E-state index in [9.17, 15) is 9.90 Å². The van der Waals surface area contributed by atoms with Crippen molar-refractivity contribution in [3.8, 4) is 0 Å². The minimum Gasteiger partial charge on any atom is -0.397 e. The van der Waals surface area contributed by atoms with E-state index in [0.717, 1.165) is 25.7 Å².